The van der Waals surface area contributed by atoms with E-state index in [0.29, 0.717) is 13.2 Å². The Morgan fingerprint density at radius 2 is 2.08 bits per heavy atom. The minimum atomic E-state index is -0.454. The molecule has 3 nitrogen and oxygen atoms in total. The molecule has 0 saturated carbocycles. The zero-order chi connectivity index (χ0) is 9.52. The number of rotatable bonds is 5. The number of methoxy groups -OCH3 is 1. The molecule has 0 fully saturated rings. The lowest BCUT2D eigenvalue weighted by Crippen LogP contribution is -2.24. The molecule has 1 rings (SSSR count). The van der Waals surface area contributed by atoms with Crippen LogP contribution in [0.1, 0.15) is 0 Å². The first kappa shape index (κ1) is 10.0. The van der Waals surface area contributed by atoms with Crippen LogP contribution in [0.5, 0.6) is 0 Å². The summed E-state index contributed by atoms with van der Waals surface area (Å²) in [6.07, 6.45) is -0.454. The largest absolute Gasteiger partial charge is 0.389 e. The molecule has 0 aromatic heterocycles. The van der Waals surface area contributed by atoms with E-state index in [2.05, 4.69) is 5.32 Å². The Labute approximate surface area is 78.3 Å². The third kappa shape index (κ3) is 3.92. The van der Waals surface area contributed by atoms with Crippen molar-refractivity contribution in [2.75, 3.05) is 25.6 Å². The van der Waals surface area contributed by atoms with Gasteiger partial charge in [0.25, 0.3) is 0 Å². The molecule has 72 valence electrons. The fourth-order valence-electron chi connectivity index (χ4n) is 1.04. The average Bonchev–Trinajstić information content (AvgIpc) is 2.17. The number of ether oxygens (including phenoxy) is 1. The van der Waals surface area contributed by atoms with Crippen molar-refractivity contribution in [3.8, 4) is 0 Å². The quantitative estimate of drug-likeness (QED) is 0.715. The molecule has 0 aliphatic heterocycles. The molecule has 0 bridgehead atoms. The highest BCUT2D eigenvalue weighted by atomic mass is 16.5. The van der Waals surface area contributed by atoms with Crippen LogP contribution >= 0.6 is 0 Å². The van der Waals surface area contributed by atoms with Gasteiger partial charge in [0.2, 0.25) is 0 Å². The van der Waals surface area contributed by atoms with Crippen LogP contribution in [0.3, 0.4) is 0 Å². The van der Waals surface area contributed by atoms with E-state index in [1.807, 2.05) is 30.3 Å². The van der Waals surface area contributed by atoms with Crippen LogP contribution in [0.15, 0.2) is 30.3 Å². The molecular formula is C10H15NO2. The number of benzene rings is 1. The van der Waals surface area contributed by atoms with Gasteiger partial charge in [0, 0.05) is 19.3 Å². The number of aliphatic hydroxyl groups excluding tert-OH is 1. The van der Waals surface area contributed by atoms with Crippen LogP contribution in [0, 0.1) is 0 Å². The number of hydrogen-bond acceptors (Lipinski definition) is 3. The van der Waals surface area contributed by atoms with E-state index in [1.54, 1.807) is 7.11 Å². The van der Waals surface area contributed by atoms with Crippen molar-refractivity contribution in [3.63, 3.8) is 0 Å². The van der Waals surface area contributed by atoms with Gasteiger partial charge in [-0.2, -0.15) is 0 Å². The number of anilines is 1. The van der Waals surface area contributed by atoms with E-state index in [4.69, 9.17) is 4.74 Å². The maximum atomic E-state index is 9.32. The van der Waals surface area contributed by atoms with Crippen molar-refractivity contribution >= 4 is 5.69 Å². The van der Waals surface area contributed by atoms with Crippen LogP contribution in [-0.4, -0.2) is 31.5 Å². The molecule has 0 amide bonds. The Hall–Kier alpha value is -1.06. The fourth-order valence-corrected chi connectivity index (χ4v) is 1.04. The molecule has 0 spiro atoms. The number of nitrogens with one attached hydrogen (secondary N) is 1. The molecule has 1 aromatic carbocycles. The average molecular weight is 181 g/mol. The molecule has 3 heteroatoms. The van der Waals surface area contributed by atoms with Gasteiger partial charge >= 0.3 is 0 Å². The Kier molecular flexibility index (Phi) is 4.29. The maximum Gasteiger partial charge on any atom is 0.0945 e. The summed E-state index contributed by atoms with van der Waals surface area (Å²) in [6.45, 7) is 0.873. The molecule has 0 radical (unpaired) electrons. The third-order valence-electron chi connectivity index (χ3n) is 1.67. The highest BCUT2D eigenvalue weighted by Gasteiger charge is 2.01. The van der Waals surface area contributed by atoms with E-state index in [-0.39, 0.29) is 0 Å². The maximum absolute atomic E-state index is 9.32. The summed E-state index contributed by atoms with van der Waals surface area (Å²) in [6, 6.07) is 9.77. The van der Waals surface area contributed by atoms with Gasteiger partial charge in [-0.25, -0.2) is 0 Å². The Bertz CT molecular complexity index is 226. The van der Waals surface area contributed by atoms with Crippen molar-refractivity contribution in [1.82, 2.24) is 0 Å². The van der Waals surface area contributed by atoms with Crippen LogP contribution in [-0.2, 0) is 4.74 Å². The lowest BCUT2D eigenvalue weighted by atomic mass is 10.3. The first-order valence-electron chi connectivity index (χ1n) is 4.29. The Balaban J connectivity index is 2.27. The Morgan fingerprint density at radius 3 is 2.69 bits per heavy atom. The van der Waals surface area contributed by atoms with Gasteiger partial charge in [-0.3, -0.25) is 0 Å². The molecule has 0 aliphatic carbocycles. The summed E-state index contributed by atoms with van der Waals surface area (Å²) in [5, 5.41) is 12.4. The lowest BCUT2D eigenvalue weighted by Gasteiger charge is -2.11. The van der Waals surface area contributed by atoms with E-state index in [1.165, 1.54) is 0 Å². The predicted octanol–water partition coefficient (Wildman–Crippen LogP) is 1.11. The summed E-state index contributed by atoms with van der Waals surface area (Å²) in [4.78, 5) is 0. The molecule has 13 heavy (non-hydrogen) atoms. The van der Waals surface area contributed by atoms with Crippen molar-refractivity contribution in [2.45, 2.75) is 6.10 Å². The van der Waals surface area contributed by atoms with Crippen LogP contribution in [0.4, 0.5) is 5.69 Å². The standard InChI is InChI=1S/C10H15NO2/c1-13-8-10(12)7-11-9-5-3-2-4-6-9/h2-6,10-12H,7-8H2,1H3/t10-/m1/s1. The lowest BCUT2D eigenvalue weighted by molar-refractivity contribution is 0.0727. The summed E-state index contributed by atoms with van der Waals surface area (Å²) in [5.41, 5.74) is 1.01. The normalized spacial score (nSPS) is 12.5. The number of aliphatic hydroxyl groups is 1. The summed E-state index contributed by atoms with van der Waals surface area (Å²) in [7, 11) is 1.58. The molecular weight excluding hydrogens is 166 g/mol. The minimum absolute atomic E-state index is 0.361. The predicted molar refractivity (Wildman–Crippen MR) is 52.8 cm³/mol. The second kappa shape index (κ2) is 5.56. The zero-order valence-corrected chi connectivity index (χ0v) is 7.73. The molecule has 0 unspecified atom stereocenters. The smallest absolute Gasteiger partial charge is 0.0945 e. The van der Waals surface area contributed by atoms with Gasteiger partial charge in [-0.05, 0) is 12.1 Å². The minimum Gasteiger partial charge on any atom is -0.389 e. The van der Waals surface area contributed by atoms with Crippen molar-refractivity contribution in [1.29, 1.82) is 0 Å². The first-order chi connectivity index (χ1) is 6.33. The second-order valence-electron chi connectivity index (χ2n) is 2.86. The molecule has 1 aromatic rings. The van der Waals surface area contributed by atoms with Gasteiger partial charge in [-0.1, -0.05) is 18.2 Å². The van der Waals surface area contributed by atoms with Gasteiger partial charge < -0.3 is 15.2 Å². The molecule has 0 heterocycles. The van der Waals surface area contributed by atoms with Crippen molar-refractivity contribution in [2.24, 2.45) is 0 Å². The van der Waals surface area contributed by atoms with Gasteiger partial charge in [0.05, 0.1) is 12.7 Å². The van der Waals surface area contributed by atoms with Gasteiger partial charge in [0.1, 0.15) is 0 Å². The topological polar surface area (TPSA) is 41.5 Å². The van der Waals surface area contributed by atoms with E-state index in [0.717, 1.165) is 5.69 Å². The zero-order valence-electron chi connectivity index (χ0n) is 7.73. The van der Waals surface area contributed by atoms with Crippen LogP contribution in [0.25, 0.3) is 0 Å². The monoisotopic (exact) mass is 181 g/mol. The van der Waals surface area contributed by atoms with Crippen LogP contribution < -0.4 is 5.32 Å². The Morgan fingerprint density at radius 1 is 1.38 bits per heavy atom. The van der Waals surface area contributed by atoms with E-state index in [9.17, 15) is 5.11 Å². The molecule has 2 N–H and O–H groups in total. The number of hydrogen-bond donors (Lipinski definition) is 2. The van der Waals surface area contributed by atoms with Gasteiger partial charge in [-0.15, -0.1) is 0 Å². The highest BCUT2D eigenvalue weighted by molar-refractivity contribution is 5.42. The number of para-hydroxylation sites is 1. The van der Waals surface area contributed by atoms with Crippen molar-refractivity contribution < 1.29 is 9.84 Å². The van der Waals surface area contributed by atoms with Crippen molar-refractivity contribution in [3.05, 3.63) is 30.3 Å². The van der Waals surface area contributed by atoms with E-state index < -0.39 is 6.10 Å². The SMILES string of the molecule is COC[C@H](O)CNc1ccccc1. The molecule has 0 saturated heterocycles. The van der Waals surface area contributed by atoms with Crippen LogP contribution in [0.2, 0.25) is 0 Å². The summed E-state index contributed by atoms with van der Waals surface area (Å²) >= 11 is 0. The fraction of sp³-hybridized carbons (Fsp3) is 0.400. The summed E-state index contributed by atoms with van der Waals surface area (Å²) < 4.78 is 4.80. The first-order valence-corrected chi connectivity index (χ1v) is 4.29. The highest BCUT2D eigenvalue weighted by Crippen LogP contribution is 2.04. The second-order valence-corrected chi connectivity index (χ2v) is 2.86. The van der Waals surface area contributed by atoms with Gasteiger partial charge in [0.15, 0.2) is 0 Å². The van der Waals surface area contributed by atoms with E-state index >= 15 is 0 Å². The summed E-state index contributed by atoms with van der Waals surface area (Å²) in [5.74, 6) is 0. The molecule has 1 atom stereocenters. The third-order valence-corrected chi connectivity index (χ3v) is 1.67. The molecule has 0 aliphatic rings.